The number of hydrogen-bond acceptors (Lipinski definition) is 18. The predicted octanol–water partition coefficient (Wildman–Crippen LogP) is -2.19. The van der Waals surface area contributed by atoms with Crippen LogP contribution in [0.2, 0.25) is 0 Å². The van der Waals surface area contributed by atoms with Crippen LogP contribution in [0, 0.1) is 0 Å². The van der Waals surface area contributed by atoms with E-state index in [4.69, 9.17) is 42.6 Å². The first-order valence-electron chi connectivity index (χ1n) is 20.9. The zero-order chi connectivity index (χ0) is 45.3. The smallest absolute Gasteiger partial charge is 0.246 e. The van der Waals surface area contributed by atoms with Crippen LogP contribution in [0.25, 0.3) is 0 Å². The van der Waals surface area contributed by atoms with Crippen molar-refractivity contribution in [3.63, 3.8) is 0 Å². The second kappa shape index (κ2) is 40.1. The summed E-state index contributed by atoms with van der Waals surface area (Å²) in [5, 5.41) is 9.83. The molecule has 356 valence electrons. The van der Waals surface area contributed by atoms with Crippen molar-refractivity contribution in [2.45, 2.75) is 50.3 Å². The average Bonchev–Trinajstić information content (AvgIpc) is 3.53. The Morgan fingerprint density at radius 2 is 1.11 bits per heavy atom. The summed E-state index contributed by atoms with van der Waals surface area (Å²) >= 11 is 1.13. The lowest BCUT2D eigenvalue weighted by atomic mass is 10.2. The van der Waals surface area contributed by atoms with Crippen molar-refractivity contribution in [1.29, 1.82) is 0 Å². The molecule has 22 nitrogen and oxygen atoms in total. The van der Waals surface area contributed by atoms with Crippen LogP contribution in [0.15, 0.2) is 0 Å². The molecule has 23 heteroatoms. The molecule has 1 aliphatic rings. The van der Waals surface area contributed by atoms with Gasteiger partial charge in [-0.2, -0.15) is 0 Å². The van der Waals surface area contributed by atoms with Gasteiger partial charge in [0.1, 0.15) is 25.2 Å². The van der Waals surface area contributed by atoms with Gasteiger partial charge in [0.15, 0.2) is 0 Å². The maximum absolute atomic E-state index is 13.0. The molecular formula is C39H67N5O17S. The predicted molar refractivity (Wildman–Crippen MR) is 222 cm³/mol. The highest BCUT2D eigenvalue weighted by molar-refractivity contribution is 8.00. The number of nitrogens with one attached hydrogen (secondary N) is 4. The Labute approximate surface area is 367 Å². The first-order chi connectivity index (χ1) is 30.2. The Balaban J connectivity index is 2.28. The zero-order valence-electron chi connectivity index (χ0n) is 35.9. The Kier molecular flexibility index (Phi) is 36.5. The number of likely N-dealkylation sites (tertiary alicyclic amines) is 1. The van der Waals surface area contributed by atoms with Crippen molar-refractivity contribution in [1.82, 2.24) is 26.2 Å². The number of amides is 6. The van der Waals surface area contributed by atoms with Gasteiger partial charge in [-0.25, -0.2) is 0 Å². The van der Waals surface area contributed by atoms with Crippen molar-refractivity contribution >= 4 is 59.8 Å². The fraction of sp³-hybridized carbons (Fsp3) is 0.795. The van der Waals surface area contributed by atoms with Gasteiger partial charge < -0.3 is 73.5 Å². The van der Waals surface area contributed by atoms with Crippen molar-refractivity contribution in [2.75, 3.05) is 151 Å². The molecule has 1 saturated heterocycles. The summed E-state index contributed by atoms with van der Waals surface area (Å²) in [5.74, 6) is -2.53. The van der Waals surface area contributed by atoms with E-state index < -0.39 is 40.8 Å². The minimum atomic E-state index is -1.11. The molecule has 1 fully saturated rings. The lowest BCUT2D eigenvalue weighted by molar-refractivity contribution is -0.138. The van der Waals surface area contributed by atoms with Crippen LogP contribution in [-0.2, 0) is 81.0 Å². The van der Waals surface area contributed by atoms with E-state index in [-0.39, 0.29) is 83.5 Å². The van der Waals surface area contributed by atoms with Crippen molar-refractivity contribution < 1.29 is 81.0 Å². The van der Waals surface area contributed by atoms with Gasteiger partial charge in [-0.3, -0.25) is 33.7 Å². The van der Waals surface area contributed by atoms with Crippen LogP contribution >= 0.6 is 11.8 Å². The van der Waals surface area contributed by atoms with E-state index in [0.29, 0.717) is 105 Å². The average molecular weight is 910 g/mol. The van der Waals surface area contributed by atoms with Crippen LogP contribution in [0.1, 0.15) is 39.0 Å². The van der Waals surface area contributed by atoms with Gasteiger partial charge in [-0.15, -0.1) is 11.8 Å². The maximum atomic E-state index is 13.0. The van der Waals surface area contributed by atoms with E-state index >= 15 is 0 Å². The first kappa shape index (κ1) is 56.4. The Hall–Kier alpha value is -3.65. The molecule has 0 aromatic rings. The van der Waals surface area contributed by atoms with Gasteiger partial charge in [0.2, 0.25) is 35.4 Å². The quantitative estimate of drug-likeness (QED) is 0.0287. The number of carbonyl (C=O) groups is 8. The highest BCUT2D eigenvalue weighted by atomic mass is 32.2. The Morgan fingerprint density at radius 3 is 1.61 bits per heavy atom. The van der Waals surface area contributed by atoms with Crippen molar-refractivity contribution in [2.24, 2.45) is 0 Å². The van der Waals surface area contributed by atoms with Crippen molar-refractivity contribution in [3.05, 3.63) is 0 Å². The van der Waals surface area contributed by atoms with Crippen LogP contribution in [0.4, 0.5) is 0 Å². The van der Waals surface area contributed by atoms with Crippen LogP contribution in [0.5, 0.6) is 0 Å². The molecule has 0 aliphatic carbocycles. The van der Waals surface area contributed by atoms with Crippen LogP contribution in [-0.4, -0.2) is 215 Å². The highest BCUT2D eigenvalue weighted by Crippen LogP contribution is 2.25. The molecule has 0 aromatic heterocycles. The summed E-state index contributed by atoms with van der Waals surface area (Å²) in [7, 11) is 0. The minimum Gasteiger partial charge on any atom is -0.379 e. The number of nitrogens with zero attached hydrogens (tertiary/aromatic N) is 1. The number of thioether (sulfide) groups is 1. The van der Waals surface area contributed by atoms with Gasteiger partial charge in [-0.05, 0) is 6.92 Å². The zero-order valence-corrected chi connectivity index (χ0v) is 36.7. The van der Waals surface area contributed by atoms with E-state index in [1.807, 2.05) is 0 Å². The number of aldehydes is 2. The van der Waals surface area contributed by atoms with Gasteiger partial charge in [0.05, 0.1) is 111 Å². The van der Waals surface area contributed by atoms with E-state index in [1.165, 1.54) is 0 Å². The topological polar surface area (TPSA) is 271 Å². The summed E-state index contributed by atoms with van der Waals surface area (Å²) in [4.78, 5) is 97.3. The largest absolute Gasteiger partial charge is 0.379 e. The molecule has 6 amide bonds. The summed E-state index contributed by atoms with van der Waals surface area (Å²) in [5.41, 5.74) is 0. The lowest BCUT2D eigenvalue weighted by Crippen LogP contribution is -2.53. The Bertz CT molecular complexity index is 1270. The van der Waals surface area contributed by atoms with Crippen LogP contribution in [0.3, 0.4) is 0 Å². The van der Waals surface area contributed by atoms with Gasteiger partial charge >= 0.3 is 0 Å². The third-order valence-electron chi connectivity index (χ3n) is 8.11. The van der Waals surface area contributed by atoms with Crippen molar-refractivity contribution in [3.8, 4) is 0 Å². The van der Waals surface area contributed by atoms with Crippen LogP contribution < -0.4 is 21.3 Å². The highest BCUT2D eigenvalue weighted by Gasteiger charge is 2.38. The molecule has 62 heavy (non-hydrogen) atoms. The normalized spacial score (nSPS) is 14.1. The van der Waals surface area contributed by atoms with E-state index in [2.05, 4.69) is 21.3 Å². The molecule has 1 aliphatic heterocycles. The fourth-order valence-electron chi connectivity index (χ4n) is 4.97. The third-order valence-corrected chi connectivity index (χ3v) is 9.32. The molecule has 1 heterocycles. The summed E-state index contributed by atoms with van der Waals surface area (Å²) in [6.45, 7) is 7.47. The second-order valence-electron chi connectivity index (χ2n) is 13.0. The minimum absolute atomic E-state index is 0.0635. The van der Waals surface area contributed by atoms with E-state index in [1.54, 1.807) is 6.92 Å². The van der Waals surface area contributed by atoms with Gasteiger partial charge in [0, 0.05) is 70.6 Å². The summed E-state index contributed by atoms with van der Waals surface area (Å²) in [6, 6.07) is -1.11. The second-order valence-corrected chi connectivity index (χ2v) is 14.3. The summed E-state index contributed by atoms with van der Waals surface area (Å²) < 4.78 is 47.9. The standard InChI is InChI=1S/C39H67N5O17S/c1-2-53-31-36(49)42-30-32(38(51)41-8-15-57-19-23-61-27-25-59-21-17-55-13-4-11-46)43-35(48)6-28-62-33-29-37(50)44(39(33)52)9-5-34(47)40-7-14-56-18-22-60-26-24-58-20-16-54-12-3-10-45/h10-11,32-33H,2-9,12-31H2,1H3,(H,40,47)(H,41,51)(H,42,49)(H,43,48)/t32-,33?/m1/s1. The Morgan fingerprint density at radius 1 is 0.629 bits per heavy atom. The molecule has 0 saturated carbocycles. The van der Waals surface area contributed by atoms with E-state index in [0.717, 1.165) is 29.2 Å². The maximum Gasteiger partial charge on any atom is 0.246 e. The number of rotatable bonds is 44. The molecule has 4 N–H and O–H groups in total. The summed E-state index contributed by atoms with van der Waals surface area (Å²) in [6.07, 6.45) is 2.08. The monoisotopic (exact) mass is 909 g/mol. The number of ether oxygens (including phenoxy) is 9. The molecule has 0 spiro atoms. The fourth-order valence-corrected chi connectivity index (χ4v) is 6.09. The van der Waals surface area contributed by atoms with E-state index in [9.17, 15) is 38.4 Å². The molecule has 0 radical (unpaired) electrons. The number of carbonyl (C=O) groups excluding carboxylic acids is 8. The first-order valence-corrected chi connectivity index (χ1v) is 21.9. The van der Waals surface area contributed by atoms with Gasteiger partial charge in [-0.1, -0.05) is 0 Å². The molecule has 0 aromatic carbocycles. The molecule has 1 rings (SSSR count). The molecule has 2 atom stereocenters. The molecule has 0 bridgehead atoms. The lowest BCUT2D eigenvalue weighted by Gasteiger charge is -2.19. The number of hydrogen-bond donors (Lipinski definition) is 4. The number of imide groups is 1. The molecule has 1 unspecified atom stereocenters. The van der Waals surface area contributed by atoms with Gasteiger partial charge in [0.25, 0.3) is 0 Å². The SMILES string of the molecule is CCOCC(=O)NC[C@@H](NC(=O)CCSC1CC(=O)N(CCC(=O)NCCOCCOCCOCCOCCC=O)C1=O)C(=O)NCCOCCOCCOCCOCCC=O. The third kappa shape index (κ3) is 31.2. The molecular weight excluding hydrogens is 843 g/mol.